The molecule has 2 aliphatic rings. The summed E-state index contributed by atoms with van der Waals surface area (Å²) in [6.07, 6.45) is 4.97. The lowest BCUT2D eigenvalue weighted by Gasteiger charge is -2.26. The Bertz CT molecular complexity index is 456. The maximum absolute atomic E-state index is 11.8. The van der Waals surface area contributed by atoms with Gasteiger partial charge in [0, 0.05) is 24.9 Å². The Kier molecular flexibility index (Phi) is 2.46. The molecule has 1 amide bonds. The summed E-state index contributed by atoms with van der Waals surface area (Å²) in [5.74, 6) is 1.64. The van der Waals surface area contributed by atoms with E-state index in [4.69, 9.17) is 5.73 Å². The fraction of sp³-hybridized carbons (Fsp3) is 0.583. The van der Waals surface area contributed by atoms with E-state index < -0.39 is 0 Å². The van der Waals surface area contributed by atoms with Crippen LogP contribution in [-0.4, -0.2) is 22.4 Å². The van der Waals surface area contributed by atoms with Gasteiger partial charge in [-0.15, -0.1) is 0 Å². The average molecular weight is 232 g/mol. The van der Waals surface area contributed by atoms with E-state index in [-0.39, 0.29) is 11.9 Å². The Morgan fingerprint density at radius 3 is 2.82 bits per heavy atom. The van der Waals surface area contributed by atoms with Gasteiger partial charge in [0.15, 0.2) is 0 Å². The summed E-state index contributed by atoms with van der Waals surface area (Å²) in [5, 5.41) is 0. The van der Waals surface area contributed by atoms with E-state index in [2.05, 4.69) is 9.97 Å². The smallest absolute Gasteiger partial charge is 0.228 e. The van der Waals surface area contributed by atoms with Crippen LogP contribution < -0.4 is 10.6 Å². The summed E-state index contributed by atoms with van der Waals surface area (Å²) in [7, 11) is 0. The summed E-state index contributed by atoms with van der Waals surface area (Å²) in [4.78, 5) is 22.0. The topological polar surface area (TPSA) is 72.1 Å². The summed E-state index contributed by atoms with van der Waals surface area (Å²) in [6, 6.07) is 1.93. The molecule has 0 bridgehead atoms. The van der Waals surface area contributed by atoms with Gasteiger partial charge in [-0.2, -0.15) is 4.98 Å². The van der Waals surface area contributed by atoms with Crippen molar-refractivity contribution in [1.29, 1.82) is 0 Å². The highest BCUT2D eigenvalue weighted by atomic mass is 16.2. The van der Waals surface area contributed by atoms with Crippen LogP contribution in [0.5, 0.6) is 0 Å². The molecule has 3 rings (SSSR count). The van der Waals surface area contributed by atoms with E-state index in [1.54, 1.807) is 4.90 Å². The first-order valence-electron chi connectivity index (χ1n) is 6.19. The maximum atomic E-state index is 11.8. The first kappa shape index (κ1) is 10.5. The Morgan fingerprint density at radius 2 is 2.12 bits per heavy atom. The molecule has 17 heavy (non-hydrogen) atoms. The largest absolute Gasteiger partial charge is 0.368 e. The Hall–Kier alpha value is -1.65. The van der Waals surface area contributed by atoms with Crippen molar-refractivity contribution in [3.05, 3.63) is 11.8 Å². The van der Waals surface area contributed by atoms with Crippen molar-refractivity contribution in [2.45, 2.75) is 38.0 Å². The van der Waals surface area contributed by atoms with Crippen molar-refractivity contribution < 1.29 is 4.79 Å². The number of piperidine rings is 1. The Balaban J connectivity index is 1.92. The minimum Gasteiger partial charge on any atom is -0.368 e. The molecule has 0 spiro atoms. The number of carbonyl (C=O) groups is 1. The van der Waals surface area contributed by atoms with Crippen LogP contribution in [0.4, 0.5) is 11.8 Å². The molecule has 1 saturated heterocycles. The molecule has 0 unspecified atom stereocenters. The van der Waals surface area contributed by atoms with Gasteiger partial charge < -0.3 is 5.73 Å². The minimum atomic E-state index is 0.149. The third kappa shape index (κ3) is 2.09. The van der Waals surface area contributed by atoms with Crippen LogP contribution in [0.2, 0.25) is 0 Å². The second kappa shape index (κ2) is 3.98. The Labute approximate surface area is 100 Å². The highest BCUT2D eigenvalue weighted by Crippen LogP contribution is 2.40. The molecule has 2 fully saturated rings. The number of nitrogens with zero attached hydrogens (tertiary/aromatic N) is 3. The number of carbonyl (C=O) groups excluding carboxylic acids is 1. The van der Waals surface area contributed by atoms with Gasteiger partial charge in [-0.25, -0.2) is 4.98 Å². The van der Waals surface area contributed by atoms with E-state index in [9.17, 15) is 4.79 Å². The van der Waals surface area contributed by atoms with E-state index in [0.717, 1.165) is 25.1 Å². The number of aromatic nitrogens is 2. The SMILES string of the molecule is Nc1nc(C2CC2)cc(N2CCCCC2=O)n1. The number of amides is 1. The zero-order chi connectivity index (χ0) is 11.8. The molecular weight excluding hydrogens is 216 g/mol. The third-order valence-electron chi connectivity index (χ3n) is 3.35. The Morgan fingerprint density at radius 1 is 1.29 bits per heavy atom. The fourth-order valence-corrected chi connectivity index (χ4v) is 2.25. The molecule has 1 aliphatic carbocycles. The van der Waals surface area contributed by atoms with Crippen molar-refractivity contribution in [2.75, 3.05) is 17.2 Å². The molecule has 5 nitrogen and oxygen atoms in total. The van der Waals surface area contributed by atoms with Crippen LogP contribution in [0, 0.1) is 0 Å². The number of anilines is 2. The number of nitrogens with two attached hydrogens (primary N) is 1. The molecule has 90 valence electrons. The number of hydrogen-bond donors (Lipinski definition) is 1. The van der Waals surface area contributed by atoms with Crippen LogP contribution >= 0.6 is 0 Å². The normalized spacial score (nSPS) is 20.7. The second-order valence-corrected chi connectivity index (χ2v) is 4.79. The van der Waals surface area contributed by atoms with Crippen LogP contribution in [0.3, 0.4) is 0 Å². The summed E-state index contributed by atoms with van der Waals surface area (Å²) >= 11 is 0. The lowest BCUT2D eigenvalue weighted by atomic mass is 10.1. The molecule has 1 saturated carbocycles. The van der Waals surface area contributed by atoms with Gasteiger partial charge in [-0.05, 0) is 25.7 Å². The van der Waals surface area contributed by atoms with Crippen molar-refractivity contribution in [3.8, 4) is 0 Å². The zero-order valence-corrected chi connectivity index (χ0v) is 9.72. The van der Waals surface area contributed by atoms with E-state index in [0.29, 0.717) is 18.2 Å². The first-order chi connectivity index (χ1) is 8.24. The van der Waals surface area contributed by atoms with Crippen molar-refractivity contribution in [2.24, 2.45) is 0 Å². The molecule has 0 aromatic carbocycles. The lowest BCUT2D eigenvalue weighted by molar-refractivity contribution is -0.119. The van der Waals surface area contributed by atoms with E-state index in [1.807, 2.05) is 6.07 Å². The van der Waals surface area contributed by atoms with Crippen LogP contribution in [0.1, 0.15) is 43.7 Å². The highest BCUT2D eigenvalue weighted by molar-refractivity contribution is 5.93. The van der Waals surface area contributed by atoms with Gasteiger partial charge in [0.05, 0.1) is 5.69 Å². The minimum absolute atomic E-state index is 0.149. The number of rotatable bonds is 2. The molecule has 1 aromatic heterocycles. The summed E-state index contributed by atoms with van der Waals surface area (Å²) < 4.78 is 0. The van der Waals surface area contributed by atoms with Crippen LogP contribution in [0.15, 0.2) is 6.07 Å². The summed E-state index contributed by atoms with van der Waals surface area (Å²) in [5.41, 5.74) is 6.71. The van der Waals surface area contributed by atoms with Crippen molar-refractivity contribution in [1.82, 2.24) is 9.97 Å². The molecular formula is C12H16N4O. The van der Waals surface area contributed by atoms with Gasteiger partial charge in [-0.1, -0.05) is 0 Å². The second-order valence-electron chi connectivity index (χ2n) is 4.79. The highest BCUT2D eigenvalue weighted by Gasteiger charge is 2.28. The molecule has 2 heterocycles. The van der Waals surface area contributed by atoms with E-state index >= 15 is 0 Å². The molecule has 5 heteroatoms. The third-order valence-corrected chi connectivity index (χ3v) is 3.35. The van der Waals surface area contributed by atoms with Crippen LogP contribution in [-0.2, 0) is 4.79 Å². The van der Waals surface area contributed by atoms with E-state index in [1.165, 1.54) is 12.8 Å². The first-order valence-corrected chi connectivity index (χ1v) is 6.19. The van der Waals surface area contributed by atoms with Crippen molar-refractivity contribution in [3.63, 3.8) is 0 Å². The molecule has 0 atom stereocenters. The van der Waals surface area contributed by atoms with Gasteiger partial charge in [0.1, 0.15) is 5.82 Å². The molecule has 0 radical (unpaired) electrons. The predicted molar refractivity (Wildman–Crippen MR) is 64.6 cm³/mol. The molecule has 2 N–H and O–H groups in total. The number of nitrogen functional groups attached to an aromatic ring is 1. The predicted octanol–water partition coefficient (Wildman–Crippen LogP) is 1.45. The number of hydrogen-bond acceptors (Lipinski definition) is 4. The average Bonchev–Trinajstić information content (AvgIpc) is 3.12. The lowest BCUT2D eigenvalue weighted by Crippen LogP contribution is -2.36. The van der Waals surface area contributed by atoms with Gasteiger partial charge >= 0.3 is 0 Å². The van der Waals surface area contributed by atoms with Crippen LogP contribution in [0.25, 0.3) is 0 Å². The fourth-order valence-electron chi connectivity index (χ4n) is 2.25. The van der Waals surface area contributed by atoms with Gasteiger partial charge in [0.25, 0.3) is 0 Å². The van der Waals surface area contributed by atoms with Gasteiger partial charge in [-0.3, -0.25) is 9.69 Å². The van der Waals surface area contributed by atoms with Gasteiger partial charge in [0.2, 0.25) is 11.9 Å². The molecule has 1 aliphatic heterocycles. The standard InChI is InChI=1S/C12H16N4O/c13-12-14-9(8-4-5-8)7-10(15-12)16-6-2-1-3-11(16)17/h7-8H,1-6H2,(H2,13,14,15). The zero-order valence-electron chi connectivity index (χ0n) is 9.72. The monoisotopic (exact) mass is 232 g/mol. The maximum Gasteiger partial charge on any atom is 0.228 e. The molecule has 1 aromatic rings. The quantitative estimate of drug-likeness (QED) is 0.837. The van der Waals surface area contributed by atoms with Crippen molar-refractivity contribution >= 4 is 17.7 Å². The summed E-state index contributed by atoms with van der Waals surface area (Å²) in [6.45, 7) is 0.749.